The third-order valence-electron chi connectivity index (χ3n) is 5.53. The highest BCUT2D eigenvalue weighted by molar-refractivity contribution is 7.99. The van der Waals surface area contributed by atoms with Gasteiger partial charge in [0.2, 0.25) is 5.91 Å². The first-order valence-corrected chi connectivity index (χ1v) is 12.6. The lowest BCUT2D eigenvalue weighted by Gasteiger charge is -2.33. The second-order valence-electron chi connectivity index (χ2n) is 7.92. The SMILES string of the molecule is O=C(C(=O)N1CCN(C(=O)C=Cc2ccc(Sc3ccc(Cl)cc3Cl)c([N+](=O)[O-])c2)CC1)c1ccco1. The molecule has 1 fully saturated rings. The fraction of sp³-hybridized carbons (Fsp3) is 0.160. The van der Waals surface area contributed by atoms with E-state index in [1.54, 1.807) is 35.2 Å². The maximum Gasteiger partial charge on any atom is 0.298 e. The minimum Gasteiger partial charge on any atom is -0.461 e. The molecule has 1 saturated heterocycles. The molecule has 1 aliphatic rings. The van der Waals surface area contributed by atoms with Gasteiger partial charge < -0.3 is 14.2 Å². The van der Waals surface area contributed by atoms with Gasteiger partial charge in [-0.2, -0.15) is 0 Å². The molecule has 3 aromatic rings. The minimum atomic E-state index is -0.730. The predicted octanol–water partition coefficient (Wildman–Crippen LogP) is 5.21. The number of halogens is 2. The number of carbonyl (C=O) groups excluding carboxylic acids is 3. The van der Waals surface area contributed by atoms with E-state index >= 15 is 0 Å². The molecule has 0 N–H and O–H groups in total. The third kappa shape index (κ3) is 6.40. The number of furan rings is 1. The average molecular weight is 560 g/mol. The third-order valence-corrected chi connectivity index (χ3v) is 7.33. The van der Waals surface area contributed by atoms with Gasteiger partial charge in [0.05, 0.1) is 21.1 Å². The first-order chi connectivity index (χ1) is 17.7. The van der Waals surface area contributed by atoms with Gasteiger partial charge in [0.25, 0.3) is 17.4 Å². The number of hydrogen-bond donors (Lipinski definition) is 0. The van der Waals surface area contributed by atoms with Crippen LogP contribution in [-0.2, 0) is 9.59 Å². The van der Waals surface area contributed by atoms with Crippen molar-refractivity contribution in [1.29, 1.82) is 0 Å². The molecule has 0 spiro atoms. The molecule has 9 nitrogen and oxygen atoms in total. The van der Waals surface area contributed by atoms with Crippen LogP contribution in [0, 0.1) is 10.1 Å². The van der Waals surface area contributed by atoms with Gasteiger partial charge >= 0.3 is 0 Å². The summed E-state index contributed by atoms with van der Waals surface area (Å²) >= 11 is 13.3. The number of amides is 2. The lowest BCUT2D eigenvalue weighted by atomic mass is 10.2. The lowest BCUT2D eigenvalue weighted by molar-refractivity contribution is -0.387. The van der Waals surface area contributed by atoms with E-state index in [0.29, 0.717) is 25.4 Å². The summed E-state index contributed by atoms with van der Waals surface area (Å²) < 4.78 is 4.99. The standard InChI is InChI=1S/C25H19Cl2N3O6S/c26-17-5-7-21(18(27)15-17)37-22-6-3-16(14-19(22)30(34)35)4-8-23(31)28-9-11-29(12-10-28)25(33)24(32)20-2-1-13-36-20/h1-8,13-15H,9-12H2. The first kappa shape index (κ1) is 26.5. The molecule has 2 heterocycles. The van der Waals surface area contributed by atoms with Gasteiger partial charge in [0.1, 0.15) is 0 Å². The van der Waals surface area contributed by atoms with Gasteiger partial charge in [-0.3, -0.25) is 24.5 Å². The minimum absolute atomic E-state index is 0.0267. The second kappa shape index (κ2) is 11.6. The Bertz CT molecular complexity index is 1390. The molecule has 190 valence electrons. The van der Waals surface area contributed by atoms with Crippen LogP contribution in [0.2, 0.25) is 10.0 Å². The van der Waals surface area contributed by atoms with E-state index in [1.165, 1.54) is 41.5 Å². The van der Waals surface area contributed by atoms with Crippen molar-refractivity contribution in [2.75, 3.05) is 26.2 Å². The fourth-order valence-electron chi connectivity index (χ4n) is 3.60. The zero-order chi connectivity index (χ0) is 26.5. The van der Waals surface area contributed by atoms with Gasteiger partial charge in [-0.05, 0) is 48.0 Å². The quantitative estimate of drug-likeness (QED) is 0.128. The van der Waals surface area contributed by atoms with Crippen LogP contribution in [-0.4, -0.2) is 58.5 Å². The average Bonchev–Trinajstić information content (AvgIpc) is 3.43. The molecule has 2 aromatic carbocycles. The van der Waals surface area contributed by atoms with Crippen LogP contribution in [0.25, 0.3) is 6.08 Å². The lowest BCUT2D eigenvalue weighted by Crippen LogP contribution is -2.51. The fourth-order valence-corrected chi connectivity index (χ4v) is 5.03. The highest BCUT2D eigenvalue weighted by Gasteiger charge is 2.29. The Kier molecular flexibility index (Phi) is 8.32. The summed E-state index contributed by atoms with van der Waals surface area (Å²) in [5.41, 5.74) is 0.350. The van der Waals surface area contributed by atoms with Crippen LogP contribution >= 0.6 is 35.0 Å². The van der Waals surface area contributed by atoms with Crippen molar-refractivity contribution >= 4 is 64.3 Å². The number of rotatable bonds is 7. The van der Waals surface area contributed by atoms with E-state index in [-0.39, 0.29) is 43.5 Å². The Balaban J connectivity index is 1.38. The van der Waals surface area contributed by atoms with Gasteiger partial charge in [-0.25, -0.2) is 0 Å². The molecule has 4 rings (SSSR count). The number of Topliss-reactive ketones (excluding diaryl/α,β-unsaturated/α-hetero) is 1. The van der Waals surface area contributed by atoms with Crippen LogP contribution in [0.4, 0.5) is 5.69 Å². The van der Waals surface area contributed by atoms with Crippen LogP contribution in [0.3, 0.4) is 0 Å². The van der Waals surface area contributed by atoms with Gasteiger partial charge in [-0.15, -0.1) is 0 Å². The predicted molar refractivity (Wildman–Crippen MR) is 139 cm³/mol. The summed E-state index contributed by atoms with van der Waals surface area (Å²) in [7, 11) is 0. The number of nitro groups is 1. The van der Waals surface area contributed by atoms with Crippen molar-refractivity contribution in [2.24, 2.45) is 0 Å². The van der Waals surface area contributed by atoms with Crippen molar-refractivity contribution in [3.63, 3.8) is 0 Å². The Labute approximate surface area is 225 Å². The van der Waals surface area contributed by atoms with Crippen molar-refractivity contribution in [3.05, 3.63) is 92.4 Å². The Morgan fingerprint density at radius 1 is 0.973 bits per heavy atom. The molecule has 0 aliphatic carbocycles. The number of ketones is 1. The number of carbonyl (C=O) groups is 3. The molecule has 0 bridgehead atoms. The monoisotopic (exact) mass is 559 g/mol. The smallest absolute Gasteiger partial charge is 0.298 e. The largest absolute Gasteiger partial charge is 0.461 e. The maximum absolute atomic E-state index is 12.7. The molecule has 2 amide bonds. The summed E-state index contributed by atoms with van der Waals surface area (Å²) in [6, 6.07) is 12.5. The molecule has 0 atom stereocenters. The highest BCUT2D eigenvalue weighted by atomic mass is 35.5. The Morgan fingerprint density at radius 3 is 2.32 bits per heavy atom. The van der Waals surface area contributed by atoms with Crippen molar-refractivity contribution in [3.8, 4) is 0 Å². The van der Waals surface area contributed by atoms with E-state index in [0.717, 1.165) is 11.8 Å². The van der Waals surface area contributed by atoms with Gasteiger partial charge in [0.15, 0.2) is 5.76 Å². The summed E-state index contributed by atoms with van der Waals surface area (Å²) in [4.78, 5) is 52.3. The summed E-state index contributed by atoms with van der Waals surface area (Å²) in [5.74, 6) is -1.74. The van der Waals surface area contributed by atoms with Gasteiger partial charge in [-0.1, -0.05) is 41.0 Å². The molecule has 0 unspecified atom stereocenters. The van der Waals surface area contributed by atoms with Gasteiger partial charge in [0, 0.05) is 48.2 Å². The van der Waals surface area contributed by atoms with Crippen molar-refractivity contribution < 1.29 is 23.7 Å². The van der Waals surface area contributed by atoms with Crippen molar-refractivity contribution in [2.45, 2.75) is 9.79 Å². The molecule has 37 heavy (non-hydrogen) atoms. The normalized spacial score (nSPS) is 13.7. The second-order valence-corrected chi connectivity index (χ2v) is 9.85. The molecular formula is C25H19Cl2N3O6S. The topological polar surface area (TPSA) is 114 Å². The number of piperazine rings is 1. The zero-order valence-electron chi connectivity index (χ0n) is 19.1. The summed E-state index contributed by atoms with van der Waals surface area (Å²) in [6.07, 6.45) is 4.14. The van der Waals surface area contributed by atoms with Crippen LogP contribution in [0.1, 0.15) is 16.1 Å². The van der Waals surface area contributed by atoms with Crippen LogP contribution in [0.15, 0.2) is 75.1 Å². The number of nitrogens with zero attached hydrogens (tertiary/aromatic N) is 3. The molecular weight excluding hydrogens is 541 g/mol. The first-order valence-electron chi connectivity index (χ1n) is 11.0. The van der Waals surface area contributed by atoms with E-state index in [1.807, 2.05) is 0 Å². The molecule has 0 saturated carbocycles. The Hall–Kier alpha value is -3.60. The van der Waals surface area contributed by atoms with E-state index < -0.39 is 16.6 Å². The summed E-state index contributed by atoms with van der Waals surface area (Å²) in [5, 5.41) is 12.5. The number of hydrogen-bond acceptors (Lipinski definition) is 7. The van der Waals surface area contributed by atoms with Crippen molar-refractivity contribution in [1.82, 2.24) is 9.80 Å². The molecule has 1 aliphatic heterocycles. The maximum atomic E-state index is 12.7. The van der Waals surface area contributed by atoms with Crippen LogP contribution in [0.5, 0.6) is 0 Å². The number of nitro benzene ring substituents is 1. The van der Waals surface area contributed by atoms with Crippen LogP contribution < -0.4 is 0 Å². The van der Waals surface area contributed by atoms with E-state index in [4.69, 9.17) is 27.6 Å². The summed E-state index contributed by atoms with van der Waals surface area (Å²) in [6.45, 7) is 0.904. The number of benzene rings is 2. The molecule has 12 heteroatoms. The molecule has 1 aromatic heterocycles. The zero-order valence-corrected chi connectivity index (χ0v) is 21.5. The molecule has 0 radical (unpaired) electrons. The van der Waals surface area contributed by atoms with E-state index in [9.17, 15) is 24.5 Å². The Morgan fingerprint density at radius 2 is 1.68 bits per heavy atom. The highest BCUT2D eigenvalue weighted by Crippen LogP contribution is 2.39. The van der Waals surface area contributed by atoms with E-state index in [2.05, 4.69) is 0 Å².